The first-order chi connectivity index (χ1) is 9.92. The van der Waals surface area contributed by atoms with E-state index < -0.39 is 10.0 Å². The Morgan fingerprint density at radius 3 is 2.29 bits per heavy atom. The number of aliphatic hydroxyl groups excluding tert-OH is 1. The molecule has 0 atom stereocenters. The van der Waals surface area contributed by atoms with E-state index in [1.54, 1.807) is 43.3 Å². The second-order valence-electron chi connectivity index (χ2n) is 5.04. The van der Waals surface area contributed by atoms with Gasteiger partial charge >= 0.3 is 0 Å². The molecule has 2 rings (SSSR count). The molecule has 2 aromatic rings. The Morgan fingerprint density at radius 1 is 1.05 bits per heavy atom. The minimum absolute atomic E-state index is 0.0770. The number of anilines is 1. The average Bonchev–Trinajstić information content (AvgIpc) is 2.40. The van der Waals surface area contributed by atoms with Gasteiger partial charge in [-0.1, -0.05) is 29.8 Å². The number of nitrogens with one attached hydrogen (secondary N) is 1. The molecule has 0 aliphatic carbocycles. The molecule has 0 heterocycles. The summed E-state index contributed by atoms with van der Waals surface area (Å²) in [5.74, 6) is 0. The molecule has 0 aromatic heterocycles. The van der Waals surface area contributed by atoms with E-state index in [1.165, 1.54) is 0 Å². The summed E-state index contributed by atoms with van der Waals surface area (Å²) in [5.41, 5.74) is 3.22. The van der Waals surface area contributed by atoms with Crippen molar-refractivity contribution in [2.45, 2.75) is 25.2 Å². The quantitative estimate of drug-likeness (QED) is 0.892. The molecular formula is C16H19NO3S. The minimum Gasteiger partial charge on any atom is -0.396 e. The molecule has 0 amide bonds. The van der Waals surface area contributed by atoms with E-state index in [4.69, 9.17) is 5.11 Å². The predicted molar refractivity (Wildman–Crippen MR) is 84.0 cm³/mol. The SMILES string of the molecule is Cc1ccc(S(=O)(=O)Nc2ccc(CCO)cc2)c(C)c1. The van der Waals surface area contributed by atoms with Gasteiger partial charge in [0.2, 0.25) is 0 Å². The third-order valence-corrected chi connectivity index (χ3v) is 4.77. The van der Waals surface area contributed by atoms with E-state index >= 15 is 0 Å². The highest BCUT2D eigenvalue weighted by Gasteiger charge is 2.16. The van der Waals surface area contributed by atoms with E-state index in [9.17, 15) is 8.42 Å². The first kappa shape index (κ1) is 15.5. The molecular weight excluding hydrogens is 286 g/mol. The molecule has 0 radical (unpaired) electrons. The topological polar surface area (TPSA) is 66.4 Å². The molecule has 0 fully saturated rings. The maximum Gasteiger partial charge on any atom is 0.262 e. The second kappa shape index (κ2) is 6.28. The summed E-state index contributed by atoms with van der Waals surface area (Å²) in [5, 5.41) is 8.87. The van der Waals surface area contributed by atoms with Crippen molar-refractivity contribution in [1.82, 2.24) is 0 Å². The van der Waals surface area contributed by atoms with Crippen LogP contribution >= 0.6 is 0 Å². The summed E-state index contributed by atoms with van der Waals surface area (Å²) in [6, 6.07) is 12.3. The van der Waals surface area contributed by atoms with Crippen LogP contribution in [0.25, 0.3) is 0 Å². The molecule has 5 heteroatoms. The van der Waals surface area contributed by atoms with Gasteiger partial charge in [-0.05, 0) is 49.6 Å². The van der Waals surface area contributed by atoms with Gasteiger partial charge in [0, 0.05) is 12.3 Å². The molecule has 0 spiro atoms. The van der Waals surface area contributed by atoms with Gasteiger partial charge in [-0.15, -0.1) is 0 Å². The molecule has 0 saturated carbocycles. The number of benzene rings is 2. The largest absolute Gasteiger partial charge is 0.396 e. The van der Waals surface area contributed by atoms with E-state index in [0.29, 0.717) is 12.1 Å². The third-order valence-electron chi connectivity index (χ3n) is 3.23. The van der Waals surface area contributed by atoms with Gasteiger partial charge in [-0.3, -0.25) is 4.72 Å². The first-order valence-corrected chi connectivity index (χ1v) is 8.20. The van der Waals surface area contributed by atoms with Crippen LogP contribution < -0.4 is 4.72 Å². The summed E-state index contributed by atoms with van der Waals surface area (Å²) in [4.78, 5) is 0.285. The molecule has 112 valence electrons. The maximum atomic E-state index is 12.4. The van der Waals surface area contributed by atoms with Crippen molar-refractivity contribution in [1.29, 1.82) is 0 Å². The molecule has 2 aromatic carbocycles. The molecule has 4 nitrogen and oxygen atoms in total. The van der Waals surface area contributed by atoms with Crippen molar-refractivity contribution >= 4 is 15.7 Å². The fourth-order valence-corrected chi connectivity index (χ4v) is 3.47. The van der Waals surface area contributed by atoms with Crippen LogP contribution in [0.2, 0.25) is 0 Å². The number of sulfonamides is 1. The van der Waals surface area contributed by atoms with Gasteiger partial charge in [-0.2, -0.15) is 0 Å². The normalized spacial score (nSPS) is 11.4. The number of aryl methyl sites for hydroxylation is 2. The average molecular weight is 305 g/mol. The van der Waals surface area contributed by atoms with Crippen molar-refractivity contribution in [2.24, 2.45) is 0 Å². The molecule has 0 bridgehead atoms. The molecule has 0 aliphatic heterocycles. The van der Waals surface area contributed by atoms with Crippen molar-refractivity contribution in [3.8, 4) is 0 Å². The Hall–Kier alpha value is -1.85. The first-order valence-electron chi connectivity index (χ1n) is 6.72. The second-order valence-corrected chi connectivity index (χ2v) is 6.70. The predicted octanol–water partition coefficient (Wildman–Crippen LogP) is 2.64. The van der Waals surface area contributed by atoms with Crippen LogP contribution in [0.3, 0.4) is 0 Å². The Kier molecular flexibility index (Phi) is 4.65. The van der Waals surface area contributed by atoms with Crippen LogP contribution in [0.4, 0.5) is 5.69 Å². The minimum atomic E-state index is -3.59. The number of rotatable bonds is 5. The van der Waals surface area contributed by atoms with E-state index in [2.05, 4.69) is 4.72 Å². The highest BCUT2D eigenvalue weighted by Crippen LogP contribution is 2.20. The summed E-state index contributed by atoms with van der Waals surface area (Å²) < 4.78 is 27.4. The summed E-state index contributed by atoms with van der Waals surface area (Å²) in [6.07, 6.45) is 0.560. The van der Waals surface area contributed by atoms with Crippen LogP contribution in [0.15, 0.2) is 47.4 Å². The summed E-state index contributed by atoms with van der Waals surface area (Å²) >= 11 is 0. The fourth-order valence-electron chi connectivity index (χ4n) is 2.18. The zero-order valence-corrected chi connectivity index (χ0v) is 12.9. The highest BCUT2D eigenvalue weighted by molar-refractivity contribution is 7.92. The van der Waals surface area contributed by atoms with Crippen LogP contribution in [0.1, 0.15) is 16.7 Å². The standard InChI is InChI=1S/C16H19NO3S/c1-12-3-8-16(13(2)11-12)21(19,20)17-15-6-4-14(5-7-15)9-10-18/h3-8,11,17-18H,9-10H2,1-2H3. The molecule has 0 saturated heterocycles. The molecule has 0 unspecified atom stereocenters. The van der Waals surface area contributed by atoms with Crippen LogP contribution in [-0.2, 0) is 16.4 Å². The van der Waals surface area contributed by atoms with Crippen molar-refractivity contribution in [3.63, 3.8) is 0 Å². The summed E-state index contributed by atoms with van der Waals surface area (Å²) in [6.45, 7) is 3.79. The highest BCUT2D eigenvalue weighted by atomic mass is 32.2. The zero-order chi connectivity index (χ0) is 15.5. The van der Waals surface area contributed by atoms with Gasteiger partial charge in [0.15, 0.2) is 0 Å². The molecule has 2 N–H and O–H groups in total. The van der Waals surface area contributed by atoms with Gasteiger partial charge in [0.25, 0.3) is 10.0 Å². The Morgan fingerprint density at radius 2 is 1.71 bits per heavy atom. The summed E-state index contributed by atoms with van der Waals surface area (Å²) in [7, 11) is -3.59. The van der Waals surface area contributed by atoms with Crippen LogP contribution in [0, 0.1) is 13.8 Å². The lowest BCUT2D eigenvalue weighted by Crippen LogP contribution is -2.14. The number of hydrogen-bond donors (Lipinski definition) is 2. The van der Waals surface area contributed by atoms with Gasteiger partial charge < -0.3 is 5.11 Å². The smallest absolute Gasteiger partial charge is 0.262 e. The third kappa shape index (κ3) is 3.83. The lowest BCUT2D eigenvalue weighted by molar-refractivity contribution is 0.299. The zero-order valence-electron chi connectivity index (χ0n) is 12.1. The van der Waals surface area contributed by atoms with Crippen LogP contribution in [-0.4, -0.2) is 20.1 Å². The van der Waals surface area contributed by atoms with Gasteiger partial charge in [0.05, 0.1) is 4.90 Å². The Bertz CT molecular complexity index is 722. The number of hydrogen-bond acceptors (Lipinski definition) is 3. The molecule has 21 heavy (non-hydrogen) atoms. The van der Waals surface area contributed by atoms with Crippen molar-refractivity contribution in [2.75, 3.05) is 11.3 Å². The van der Waals surface area contributed by atoms with E-state index in [-0.39, 0.29) is 11.5 Å². The number of aliphatic hydroxyl groups is 1. The van der Waals surface area contributed by atoms with Gasteiger partial charge in [-0.25, -0.2) is 8.42 Å². The Labute approximate surface area is 125 Å². The Balaban J connectivity index is 2.24. The van der Waals surface area contributed by atoms with E-state index in [1.807, 2.05) is 13.0 Å². The lowest BCUT2D eigenvalue weighted by Gasteiger charge is -2.11. The maximum absolute atomic E-state index is 12.4. The van der Waals surface area contributed by atoms with E-state index in [0.717, 1.165) is 16.7 Å². The lowest BCUT2D eigenvalue weighted by atomic mass is 10.1. The van der Waals surface area contributed by atoms with Crippen LogP contribution in [0.5, 0.6) is 0 Å². The fraction of sp³-hybridized carbons (Fsp3) is 0.250. The van der Waals surface area contributed by atoms with Crippen molar-refractivity contribution < 1.29 is 13.5 Å². The van der Waals surface area contributed by atoms with Gasteiger partial charge in [0.1, 0.15) is 0 Å². The monoisotopic (exact) mass is 305 g/mol. The molecule has 0 aliphatic rings. The van der Waals surface area contributed by atoms with Crippen molar-refractivity contribution in [3.05, 3.63) is 59.2 Å².